The maximum Gasteiger partial charge on any atom is 0.241 e. The third kappa shape index (κ3) is 4.04. The van der Waals surface area contributed by atoms with Gasteiger partial charge in [-0.25, -0.2) is 13.1 Å². The van der Waals surface area contributed by atoms with Crippen LogP contribution in [-0.2, 0) is 16.6 Å². The molecule has 114 valence electrons. The summed E-state index contributed by atoms with van der Waals surface area (Å²) in [4.78, 5) is 1.45. The van der Waals surface area contributed by atoms with E-state index in [-0.39, 0.29) is 5.54 Å². The molecule has 1 saturated carbocycles. The molecule has 1 aliphatic carbocycles. The van der Waals surface area contributed by atoms with Gasteiger partial charge >= 0.3 is 0 Å². The van der Waals surface area contributed by atoms with Gasteiger partial charge in [-0.05, 0) is 51.6 Å². The largest absolute Gasteiger partial charge is 0.312 e. The molecule has 1 aromatic rings. The third-order valence-corrected chi connectivity index (χ3v) is 6.40. The average molecular weight is 316 g/mol. The van der Waals surface area contributed by atoms with Crippen molar-refractivity contribution in [2.24, 2.45) is 5.92 Å². The molecule has 0 amide bonds. The fourth-order valence-corrected chi connectivity index (χ4v) is 4.99. The third-order valence-electron chi connectivity index (χ3n) is 3.66. The summed E-state index contributed by atoms with van der Waals surface area (Å²) < 4.78 is 27.6. The zero-order valence-electron chi connectivity index (χ0n) is 12.4. The minimum absolute atomic E-state index is 0.346. The highest BCUT2D eigenvalue weighted by Crippen LogP contribution is 2.40. The Bertz CT molecular complexity index is 545. The van der Waals surface area contributed by atoms with Gasteiger partial charge in [0.25, 0.3) is 0 Å². The summed E-state index contributed by atoms with van der Waals surface area (Å²) >= 11 is 1.50. The summed E-state index contributed by atoms with van der Waals surface area (Å²) in [6.07, 6.45) is 3.31. The molecule has 0 aromatic carbocycles. The molecule has 0 spiro atoms. The average Bonchev–Trinajstić information content (AvgIpc) is 3.09. The highest BCUT2D eigenvalue weighted by molar-refractivity contribution is 7.89. The van der Waals surface area contributed by atoms with Crippen LogP contribution in [0.2, 0.25) is 0 Å². The molecule has 1 aromatic heterocycles. The molecule has 2 N–H and O–H groups in total. The van der Waals surface area contributed by atoms with Crippen molar-refractivity contribution < 1.29 is 8.42 Å². The molecule has 20 heavy (non-hydrogen) atoms. The molecular formula is C14H24N2O2S2. The van der Waals surface area contributed by atoms with Gasteiger partial charge in [0.15, 0.2) is 0 Å². The van der Waals surface area contributed by atoms with Crippen LogP contribution in [0.4, 0.5) is 0 Å². The standard InChI is InChI=1S/C14H24N2O2S2/c1-4-7-15-9-12-8-13(10-19-12)20(17,18)16-14(2,3)11-5-6-11/h8,10-11,15-16H,4-7,9H2,1-3H3. The molecule has 2 rings (SSSR count). The number of hydrogen-bond donors (Lipinski definition) is 2. The van der Waals surface area contributed by atoms with Crippen LogP contribution in [0.25, 0.3) is 0 Å². The number of thiophene rings is 1. The van der Waals surface area contributed by atoms with Crippen molar-refractivity contribution in [2.45, 2.75) is 57.0 Å². The Morgan fingerprint density at radius 2 is 2.10 bits per heavy atom. The molecular weight excluding hydrogens is 292 g/mol. The second kappa shape index (κ2) is 6.13. The van der Waals surface area contributed by atoms with E-state index in [9.17, 15) is 8.42 Å². The first-order chi connectivity index (χ1) is 9.35. The molecule has 0 atom stereocenters. The van der Waals surface area contributed by atoms with E-state index in [4.69, 9.17) is 0 Å². The summed E-state index contributed by atoms with van der Waals surface area (Å²) in [5, 5.41) is 5.02. The van der Waals surface area contributed by atoms with E-state index in [2.05, 4.69) is 17.0 Å². The van der Waals surface area contributed by atoms with Crippen LogP contribution in [0, 0.1) is 5.92 Å². The maximum absolute atomic E-state index is 12.4. The monoisotopic (exact) mass is 316 g/mol. The minimum atomic E-state index is -3.40. The predicted octanol–water partition coefficient (Wildman–Crippen LogP) is 2.71. The quantitative estimate of drug-likeness (QED) is 0.725. The van der Waals surface area contributed by atoms with E-state index in [0.29, 0.717) is 10.8 Å². The summed E-state index contributed by atoms with van der Waals surface area (Å²) in [7, 11) is -3.40. The number of rotatable bonds is 8. The van der Waals surface area contributed by atoms with Crippen molar-refractivity contribution in [3.63, 3.8) is 0 Å². The fourth-order valence-electron chi connectivity index (χ4n) is 2.28. The highest BCUT2D eigenvalue weighted by Gasteiger charge is 2.40. The van der Waals surface area contributed by atoms with Crippen LogP contribution in [0.5, 0.6) is 0 Å². The molecule has 0 bridgehead atoms. The molecule has 0 unspecified atom stereocenters. The van der Waals surface area contributed by atoms with E-state index >= 15 is 0 Å². The highest BCUT2D eigenvalue weighted by atomic mass is 32.2. The second-order valence-corrected chi connectivity index (χ2v) is 8.71. The molecule has 1 heterocycles. The zero-order chi connectivity index (χ0) is 14.8. The smallest absolute Gasteiger partial charge is 0.241 e. The number of hydrogen-bond acceptors (Lipinski definition) is 4. The zero-order valence-corrected chi connectivity index (χ0v) is 14.0. The molecule has 1 fully saturated rings. The second-order valence-electron chi connectivity index (χ2n) is 6.03. The Labute approximate surface area is 126 Å². The van der Waals surface area contributed by atoms with E-state index in [1.165, 1.54) is 11.3 Å². The first-order valence-electron chi connectivity index (χ1n) is 7.17. The van der Waals surface area contributed by atoms with Crippen molar-refractivity contribution in [2.75, 3.05) is 6.54 Å². The SMILES string of the molecule is CCCNCc1cc(S(=O)(=O)NC(C)(C)C2CC2)cs1. The van der Waals surface area contributed by atoms with Crippen molar-refractivity contribution >= 4 is 21.4 Å². The molecule has 0 saturated heterocycles. The first-order valence-corrected chi connectivity index (χ1v) is 9.53. The van der Waals surface area contributed by atoms with Gasteiger partial charge in [0.05, 0.1) is 4.90 Å². The predicted molar refractivity (Wildman–Crippen MR) is 83.4 cm³/mol. The van der Waals surface area contributed by atoms with Gasteiger partial charge in [0.2, 0.25) is 10.0 Å². The minimum Gasteiger partial charge on any atom is -0.312 e. The van der Waals surface area contributed by atoms with Gasteiger partial charge in [0.1, 0.15) is 0 Å². The van der Waals surface area contributed by atoms with Gasteiger partial charge in [-0.2, -0.15) is 0 Å². The van der Waals surface area contributed by atoms with Gasteiger partial charge in [-0.15, -0.1) is 11.3 Å². The van der Waals surface area contributed by atoms with E-state index in [1.54, 1.807) is 11.4 Å². The number of nitrogens with one attached hydrogen (secondary N) is 2. The molecule has 0 radical (unpaired) electrons. The van der Waals surface area contributed by atoms with E-state index < -0.39 is 10.0 Å². The fraction of sp³-hybridized carbons (Fsp3) is 0.714. The van der Waals surface area contributed by atoms with Crippen molar-refractivity contribution in [1.29, 1.82) is 0 Å². The Morgan fingerprint density at radius 3 is 2.70 bits per heavy atom. The number of sulfonamides is 1. The Morgan fingerprint density at radius 1 is 1.40 bits per heavy atom. The Kier molecular flexibility index (Phi) is 4.89. The molecule has 6 heteroatoms. The lowest BCUT2D eigenvalue weighted by molar-refractivity contribution is 0.400. The van der Waals surface area contributed by atoms with Crippen LogP contribution >= 0.6 is 11.3 Å². The van der Waals surface area contributed by atoms with Crippen LogP contribution in [0.3, 0.4) is 0 Å². The van der Waals surface area contributed by atoms with Crippen LogP contribution in [-0.4, -0.2) is 20.5 Å². The van der Waals surface area contributed by atoms with Crippen LogP contribution in [0.1, 0.15) is 44.9 Å². The maximum atomic E-state index is 12.4. The molecule has 1 aliphatic rings. The molecule has 4 nitrogen and oxygen atoms in total. The lowest BCUT2D eigenvalue weighted by Crippen LogP contribution is -2.44. The summed E-state index contributed by atoms with van der Waals surface area (Å²) in [6.45, 7) is 7.74. The van der Waals surface area contributed by atoms with Crippen LogP contribution in [0.15, 0.2) is 16.3 Å². The topological polar surface area (TPSA) is 58.2 Å². The first kappa shape index (κ1) is 15.9. The Balaban J connectivity index is 2.02. The summed E-state index contributed by atoms with van der Waals surface area (Å²) in [5.74, 6) is 0.474. The van der Waals surface area contributed by atoms with Crippen molar-refractivity contribution in [3.05, 3.63) is 16.3 Å². The van der Waals surface area contributed by atoms with Crippen LogP contribution < -0.4 is 10.0 Å². The Hall–Kier alpha value is -0.430. The molecule has 0 aliphatic heterocycles. The van der Waals surface area contributed by atoms with Gasteiger partial charge in [-0.1, -0.05) is 6.92 Å². The summed E-state index contributed by atoms with van der Waals surface area (Å²) in [6, 6.07) is 1.78. The van der Waals surface area contributed by atoms with Crippen molar-refractivity contribution in [1.82, 2.24) is 10.0 Å². The van der Waals surface area contributed by atoms with Crippen molar-refractivity contribution in [3.8, 4) is 0 Å². The van der Waals surface area contributed by atoms with Gasteiger partial charge in [-0.3, -0.25) is 0 Å². The normalized spacial score (nSPS) is 16.6. The summed E-state index contributed by atoms with van der Waals surface area (Å²) in [5.41, 5.74) is -0.346. The van der Waals surface area contributed by atoms with Gasteiger partial charge in [0, 0.05) is 22.3 Å². The van der Waals surface area contributed by atoms with E-state index in [1.807, 2.05) is 13.8 Å². The van der Waals surface area contributed by atoms with Gasteiger partial charge < -0.3 is 5.32 Å². The van der Waals surface area contributed by atoms with E-state index in [0.717, 1.165) is 37.2 Å². The lowest BCUT2D eigenvalue weighted by atomic mass is 10.0. The lowest BCUT2D eigenvalue weighted by Gasteiger charge is -2.25.